The lowest BCUT2D eigenvalue weighted by atomic mass is 10.2. The third-order valence-corrected chi connectivity index (χ3v) is 4.45. The van der Waals surface area contributed by atoms with Crippen molar-refractivity contribution in [2.45, 2.75) is 19.3 Å². The van der Waals surface area contributed by atoms with Crippen LogP contribution in [0, 0.1) is 0 Å². The maximum absolute atomic E-state index is 10.3. The Bertz CT molecular complexity index is 767. The molecular formula is C22H31NO6. The maximum atomic E-state index is 10.3. The zero-order chi connectivity index (χ0) is 21.2. The van der Waals surface area contributed by atoms with E-state index in [2.05, 4.69) is 0 Å². The number of benzene rings is 2. The average Bonchev–Trinajstić information content (AvgIpc) is 2.73. The van der Waals surface area contributed by atoms with E-state index >= 15 is 0 Å². The maximum Gasteiger partial charge on any atom is 0.161 e. The molecule has 2 aromatic carbocycles. The first-order valence-electron chi connectivity index (χ1n) is 9.36. The number of methoxy groups -OCH3 is 4. The Morgan fingerprint density at radius 1 is 0.793 bits per heavy atom. The molecule has 0 unspecified atom stereocenters. The number of hydrogen-bond acceptors (Lipinski definition) is 7. The van der Waals surface area contributed by atoms with Gasteiger partial charge in [0.15, 0.2) is 23.0 Å². The quantitative estimate of drug-likeness (QED) is 0.582. The number of aliphatic hydroxyl groups is 1. The van der Waals surface area contributed by atoms with Crippen LogP contribution in [-0.2, 0) is 17.9 Å². The molecule has 0 saturated carbocycles. The van der Waals surface area contributed by atoms with Crippen molar-refractivity contribution in [3.63, 3.8) is 0 Å². The number of rotatable bonds is 12. The molecule has 0 radical (unpaired) electrons. The Morgan fingerprint density at radius 2 is 1.31 bits per heavy atom. The zero-order valence-corrected chi connectivity index (χ0v) is 17.8. The van der Waals surface area contributed by atoms with Crippen LogP contribution in [0.5, 0.6) is 23.0 Å². The van der Waals surface area contributed by atoms with Crippen molar-refractivity contribution in [1.82, 2.24) is 4.90 Å². The number of likely N-dealkylation sites (N-methyl/N-ethyl adjacent to an activating group) is 1. The smallest absolute Gasteiger partial charge is 0.161 e. The lowest BCUT2D eigenvalue weighted by Crippen LogP contribution is -2.31. The Hall–Kier alpha value is -2.48. The lowest BCUT2D eigenvalue weighted by molar-refractivity contribution is 0.0126. The van der Waals surface area contributed by atoms with Gasteiger partial charge in [0.25, 0.3) is 0 Å². The van der Waals surface area contributed by atoms with E-state index in [0.29, 0.717) is 42.7 Å². The molecule has 29 heavy (non-hydrogen) atoms. The van der Waals surface area contributed by atoms with Gasteiger partial charge in [-0.2, -0.15) is 0 Å². The minimum atomic E-state index is -0.597. The SMILES string of the molecule is COc1ccc(COC[C@@H](O)CN(C)Cc2ccc(OC)c(OC)c2)cc1OC. The number of nitrogens with zero attached hydrogens (tertiary/aromatic N) is 1. The summed E-state index contributed by atoms with van der Waals surface area (Å²) < 4.78 is 26.8. The molecule has 0 heterocycles. The van der Waals surface area contributed by atoms with Crippen LogP contribution >= 0.6 is 0 Å². The van der Waals surface area contributed by atoms with Crippen molar-refractivity contribution in [3.05, 3.63) is 47.5 Å². The fraction of sp³-hybridized carbons (Fsp3) is 0.455. The molecule has 1 N–H and O–H groups in total. The Balaban J connectivity index is 1.79. The van der Waals surface area contributed by atoms with Crippen molar-refractivity contribution in [2.75, 3.05) is 48.6 Å². The van der Waals surface area contributed by atoms with E-state index in [1.165, 1.54) is 0 Å². The van der Waals surface area contributed by atoms with Crippen LogP contribution in [0.2, 0.25) is 0 Å². The third-order valence-electron chi connectivity index (χ3n) is 4.45. The van der Waals surface area contributed by atoms with Crippen molar-refractivity contribution < 1.29 is 28.8 Å². The summed E-state index contributed by atoms with van der Waals surface area (Å²) in [7, 11) is 8.38. The van der Waals surface area contributed by atoms with E-state index in [-0.39, 0.29) is 6.61 Å². The van der Waals surface area contributed by atoms with Crippen LogP contribution in [0.25, 0.3) is 0 Å². The predicted molar refractivity (Wildman–Crippen MR) is 111 cm³/mol. The monoisotopic (exact) mass is 405 g/mol. The molecule has 0 aromatic heterocycles. The largest absolute Gasteiger partial charge is 0.493 e. The number of hydrogen-bond donors (Lipinski definition) is 1. The van der Waals surface area contributed by atoms with E-state index in [0.717, 1.165) is 11.1 Å². The van der Waals surface area contributed by atoms with Gasteiger partial charge in [0.1, 0.15) is 0 Å². The molecule has 2 rings (SSSR count). The van der Waals surface area contributed by atoms with E-state index in [1.54, 1.807) is 28.4 Å². The van der Waals surface area contributed by atoms with Gasteiger partial charge < -0.3 is 28.8 Å². The minimum Gasteiger partial charge on any atom is -0.493 e. The van der Waals surface area contributed by atoms with Gasteiger partial charge in [-0.1, -0.05) is 12.1 Å². The first-order valence-corrected chi connectivity index (χ1v) is 9.36. The predicted octanol–water partition coefficient (Wildman–Crippen LogP) is 2.73. The summed E-state index contributed by atoms with van der Waals surface area (Å²) in [6, 6.07) is 11.4. The van der Waals surface area contributed by atoms with E-state index in [9.17, 15) is 5.11 Å². The zero-order valence-electron chi connectivity index (χ0n) is 17.8. The Morgan fingerprint density at radius 3 is 1.86 bits per heavy atom. The number of aliphatic hydroxyl groups excluding tert-OH is 1. The van der Waals surface area contributed by atoms with Gasteiger partial charge in [-0.25, -0.2) is 0 Å². The van der Waals surface area contributed by atoms with Gasteiger partial charge in [-0.15, -0.1) is 0 Å². The minimum absolute atomic E-state index is 0.241. The summed E-state index contributed by atoms with van der Waals surface area (Å²) in [4.78, 5) is 2.03. The second-order valence-electron chi connectivity index (χ2n) is 6.74. The molecule has 0 bridgehead atoms. The molecule has 7 heteroatoms. The van der Waals surface area contributed by atoms with Crippen LogP contribution < -0.4 is 18.9 Å². The first kappa shape index (κ1) is 22.8. The third kappa shape index (κ3) is 6.81. The molecule has 0 saturated heterocycles. The van der Waals surface area contributed by atoms with Gasteiger partial charge in [0.05, 0.1) is 47.8 Å². The number of ether oxygens (including phenoxy) is 5. The summed E-state index contributed by atoms with van der Waals surface area (Å²) in [5, 5.41) is 10.3. The molecule has 160 valence electrons. The second-order valence-corrected chi connectivity index (χ2v) is 6.74. The highest BCUT2D eigenvalue weighted by Crippen LogP contribution is 2.28. The Kier molecular flexibility index (Phi) is 9.05. The highest BCUT2D eigenvalue weighted by molar-refractivity contribution is 5.43. The lowest BCUT2D eigenvalue weighted by Gasteiger charge is -2.21. The molecule has 2 aromatic rings. The van der Waals surface area contributed by atoms with Crippen LogP contribution in [-0.4, -0.2) is 64.7 Å². The fourth-order valence-electron chi connectivity index (χ4n) is 3.05. The molecular weight excluding hydrogens is 374 g/mol. The molecule has 0 aliphatic rings. The van der Waals surface area contributed by atoms with Crippen molar-refractivity contribution in [1.29, 1.82) is 0 Å². The average molecular weight is 405 g/mol. The molecule has 0 amide bonds. The summed E-state index contributed by atoms with van der Waals surface area (Å²) >= 11 is 0. The summed E-state index contributed by atoms with van der Waals surface area (Å²) in [5.74, 6) is 2.72. The molecule has 0 spiro atoms. The van der Waals surface area contributed by atoms with Crippen molar-refractivity contribution >= 4 is 0 Å². The normalized spacial score (nSPS) is 12.0. The summed E-state index contributed by atoms with van der Waals surface area (Å²) in [5.41, 5.74) is 2.03. The second kappa shape index (κ2) is 11.5. The molecule has 0 aliphatic carbocycles. The van der Waals surface area contributed by atoms with Crippen LogP contribution in [0.3, 0.4) is 0 Å². The summed E-state index contributed by atoms with van der Waals surface area (Å²) in [6.07, 6.45) is -0.597. The van der Waals surface area contributed by atoms with Crippen LogP contribution in [0.15, 0.2) is 36.4 Å². The van der Waals surface area contributed by atoms with Crippen molar-refractivity contribution in [2.24, 2.45) is 0 Å². The fourth-order valence-corrected chi connectivity index (χ4v) is 3.05. The van der Waals surface area contributed by atoms with Gasteiger partial charge in [-0.05, 0) is 42.4 Å². The topological polar surface area (TPSA) is 69.6 Å². The molecule has 0 aliphatic heterocycles. The van der Waals surface area contributed by atoms with E-state index in [1.807, 2.05) is 48.3 Å². The van der Waals surface area contributed by atoms with E-state index < -0.39 is 6.10 Å². The highest BCUT2D eigenvalue weighted by atomic mass is 16.5. The van der Waals surface area contributed by atoms with Gasteiger partial charge in [0, 0.05) is 13.1 Å². The van der Waals surface area contributed by atoms with Crippen LogP contribution in [0.4, 0.5) is 0 Å². The highest BCUT2D eigenvalue weighted by Gasteiger charge is 2.12. The van der Waals surface area contributed by atoms with Crippen LogP contribution in [0.1, 0.15) is 11.1 Å². The van der Waals surface area contributed by atoms with E-state index in [4.69, 9.17) is 23.7 Å². The standard InChI is InChI=1S/C22H31NO6/c1-23(12-16-6-8-19(25-2)21(10-16)27-4)13-18(24)15-29-14-17-7-9-20(26-3)22(11-17)28-5/h6-11,18,24H,12-15H2,1-5H3/t18-/m0/s1. The first-order chi connectivity index (χ1) is 14.0. The summed E-state index contributed by atoms with van der Waals surface area (Å²) in [6.45, 7) is 1.79. The Labute approximate surface area is 172 Å². The van der Waals surface area contributed by atoms with Gasteiger partial charge >= 0.3 is 0 Å². The molecule has 7 nitrogen and oxygen atoms in total. The van der Waals surface area contributed by atoms with Crippen molar-refractivity contribution in [3.8, 4) is 23.0 Å². The molecule has 1 atom stereocenters. The molecule has 0 fully saturated rings. The van der Waals surface area contributed by atoms with Gasteiger partial charge in [0.2, 0.25) is 0 Å². The van der Waals surface area contributed by atoms with Gasteiger partial charge in [-0.3, -0.25) is 4.90 Å².